The first kappa shape index (κ1) is 15.6. The Kier molecular flexibility index (Phi) is 4.64. The lowest BCUT2D eigenvalue weighted by Crippen LogP contribution is -2.31. The van der Waals surface area contributed by atoms with Crippen molar-refractivity contribution in [3.63, 3.8) is 0 Å². The molecule has 2 aromatic heterocycles. The van der Waals surface area contributed by atoms with Gasteiger partial charge in [0, 0.05) is 0 Å². The van der Waals surface area contributed by atoms with Gasteiger partial charge in [-0.15, -0.1) is 0 Å². The average Bonchev–Trinajstić information content (AvgIpc) is 3.21. The van der Waals surface area contributed by atoms with Crippen LogP contribution in [0.4, 0.5) is 0 Å². The van der Waals surface area contributed by atoms with E-state index in [-0.39, 0.29) is 18.8 Å². The molecule has 0 aliphatic heterocycles. The zero-order chi connectivity index (χ0) is 16.1. The third kappa shape index (κ3) is 4.12. The van der Waals surface area contributed by atoms with E-state index < -0.39 is 10.0 Å². The normalized spacial score (nSPS) is 11.9. The molecule has 6 heteroatoms. The van der Waals surface area contributed by atoms with Gasteiger partial charge in [0.25, 0.3) is 0 Å². The second-order valence-electron chi connectivity index (χ2n) is 5.17. The number of hydrogen-bond acceptors (Lipinski definition) is 4. The van der Waals surface area contributed by atoms with Crippen LogP contribution in [0.3, 0.4) is 0 Å². The predicted octanol–water partition coefficient (Wildman–Crippen LogP) is 3.40. The summed E-state index contributed by atoms with van der Waals surface area (Å²) >= 11 is 0. The number of hydrogen-bond donors (Lipinski definition) is 0. The summed E-state index contributed by atoms with van der Waals surface area (Å²) in [4.78, 5) is 0. The minimum Gasteiger partial charge on any atom is -0.468 e. The quantitative estimate of drug-likeness (QED) is 0.665. The Morgan fingerprint density at radius 3 is 1.83 bits per heavy atom. The largest absolute Gasteiger partial charge is 0.468 e. The second-order valence-corrected chi connectivity index (χ2v) is 7.14. The number of rotatable bonds is 7. The van der Waals surface area contributed by atoms with E-state index in [9.17, 15) is 8.42 Å². The summed E-state index contributed by atoms with van der Waals surface area (Å²) in [6.07, 6.45) is 3.06. The molecule has 0 saturated heterocycles. The second kappa shape index (κ2) is 6.85. The van der Waals surface area contributed by atoms with Crippen molar-refractivity contribution in [3.8, 4) is 0 Å². The van der Waals surface area contributed by atoms with Crippen LogP contribution in [-0.2, 0) is 28.9 Å². The van der Waals surface area contributed by atoms with E-state index in [4.69, 9.17) is 8.83 Å². The van der Waals surface area contributed by atoms with Gasteiger partial charge < -0.3 is 8.83 Å². The molecule has 0 atom stereocenters. The molecule has 1 aromatic carbocycles. The molecule has 3 rings (SSSR count). The molecular weight excluding hydrogens is 314 g/mol. The summed E-state index contributed by atoms with van der Waals surface area (Å²) in [5.41, 5.74) is 0.747. The van der Waals surface area contributed by atoms with Crippen LogP contribution < -0.4 is 0 Å². The molecule has 0 aliphatic rings. The first-order valence-electron chi connectivity index (χ1n) is 7.20. The van der Waals surface area contributed by atoms with Crippen LogP contribution in [0, 0.1) is 0 Å². The molecule has 0 saturated carbocycles. The average molecular weight is 331 g/mol. The van der Waals surface area contributed by atoms with E-state index in [1.54, 1.807) is 36.4 Å². The van der Waals surface area contributed by atoms with Gasteiger partial charge in [0.1, 0.15) is 11.5 Å². The molecule has 0 aliphatic carbocycles. The van der Waals surface area contributed by atoms with E-state index in [1.165, 1.54) is 16.8 Å². The lowest BCUT2D eigenvalue weighted by molar-refractivity contribution is 0.330. The standard InChI is InChI=1S/C17H17NO4S/c19-23(20,14-15-6-2-1-3-7-15)18(12-16-8-4-10-21-16)13-17-9-5-11-22-17/h1-11H,12-14H2. The van der Waals surface area contributed by atoms with Gasteiger partial charge in [-0.1, -0.05) is 30.3 Å². The molecule has 0 radical (unpaired) electrons. The minimum absolute atomic E-state index is 0.0603. The van der Waals surface area contributed by atoms with Crippen LogP contribution in [-0.4, -0.2) is 12.7 Å². The molecule has 2 heterocycles. The monoisotopic (exact) mass is 331 g/mol. The van der Waals surface area contributed by atoms with Gasteiger partial charge in [0.05, 0.1) is 31.4 Å². The predicted molar refractivity (Wildman–Crippen MR) is 85.7 cm³/mol. The summed E-state index contributed by atoms with van der Waals surface area (Å²) in [5.74, 6) is 1.12. The first-order valence-corrected chi connectivity index (χ1v) is 8.81. The van der Waals surface area contributed by atoms with Gasteiger partial charge in [-0.25, -0.2) is 8.42 Å². The lowest BCUT2D eigenvalue weighted by atomic mass is 10.2. The molecule has 3 aromatic rings. The van der Waals surface area contributed by atoms with Gasteiger partial charge in [0.2, 0.25) is 10.0 Å². The molecule has 5 nitrogen and oxygen atoms in total. The highest BCUT2D eigenvalue weighted by atomic mass is 32.2. The Morgan fingerprint density at radius 2 is 1.35 bits per heavy atom. The van der Waals surface area contributed by atoms with E-state index in [1.807, 2.05) is 18.2 Å². The van der Waals surface area contributed by atoms with Crippen LogP contribution in [0.2, 0.25) is 0 Å². The Bertz CT molecular complexity index is 773. The Hall–Kier alpha value is -2.31. The SMILES string of the molecule is O=S(=O)(Cc1ccccc1)N(Cc1ccco1)Cc1ccco1. The highest BCUT2D eigenvalue weighted by Crippen LogP contribution is 2.18. The fourth-order valence-electron chi connectivity index (χ4n) is 2.28. The van der Waals surface area contributed by atoms with Crippen molar-refractivity contribution in [3.05, 3.63) is 84.2 Å². The van der Waals surface area contributed by atoms with Crippen molar-refractivity contribution in [2.45, 2.75) is 18.8 Å². The first-order chi connectivity index (χ1) is 11.1. The molecular formula is C17H17NO4S. The third-order valence-electron chi connectivity index (χ3n) is 3.41. The number of benzene rings is 1. The van der Waals surface area contributed by atoms with Crippen molar-refractivity contribution in [1.82, 2.24) is 4.31 Å². The maximum Gasteiger partial charge on any atom is 0.219 e. The van der Waals surface area contributed by atoms with Gasteiger partial charge in [-0.05, 0) is 29.8 Å². The van der Waals surface area contributed by atoms with Crippen molar-refractivity contribution < 1.29 is 17.3 Å². The van der Waals surface area contributed by atoms with Crippen LogP contribution in [0.15, 0.2) is 76.0 Å². The van der Waals surface area contributed by atoms with Crippen molar-refractivity contribution in [2.75, 3.05) is 0 Å². The molecule has 0 fully saturated rings. The van der Waals surface area contributed by atoms with Gasteiger partial charge in [-0.2, -0.15) is 4.31 Å². The Labute approximate surface area is 135 Å². The maximum atomic E-state index is 12.8. The zero-order valence-electron chi connectivity index (χ0n) is 12.5. The zero-order valence-corrected chi connectivity index (χ0v) is 13.3. The molecule has 120 valence electrons. The highest BCUT2D eigenvalue weighted by Gasteiger charge is 2.25. The van der Waals surface area contributed by atoms with Gasteiger partial charge >= 0.3 is 0 Å². The lowest BCUT2D eigenvalue weighted by Gasteiger charge is -2.20. The highest BCUT2D eigenvalue weighted by molar-refractivity contribution is 7.88. The third-order valence-corrected chi connectivity index (χ3v) is 5.15. The Morgan fingerprint density at radius 1 is 0.783 bits per heavy atom. The van der Waals surface area contributed by atoms with Crippen molar-refractivity contribution >= 4 is 10.0 Å². The summed E-state index contributed by atoms with van der Waals surface area (Å²) < 4.78 is 37.5. The van der Waals surface area contributed by atoms with Crippen LogP contribution in [0.25, 0.3) is 0 Å². The fraction of sp³-hybridized carbons (Fsp3) is 0.176. The molecule has 0 spiro atoms. The van der Waals surface area contributed by atoms with Crippen LogP contribution in [0.5, 0.6) is 0 Å². The van der Waals surface area contributed by atoms with Crippen molar-refractivity contribution in [1.29, 1.82) is 0 Å². The topological polar surface area (TPSA) is 63.7 Å². The summed E-state index contributed by atoms with van der Waals surface area (Å²) in [7, 11) is -3.51. The van der Waals surface area contributed by atoms with Crippen LogP contribution >= 0.6 is 0 Å². The van der Waals surface area contributed by atoms with E-state index >= 15 is 0 Å². The number of sulfonamides is 1. The molecule has 0 bridgehead atoms. The molecule has 0 amide bonds. The number of nitrogens with zero attached hydrogens (tertiary/aromatic N) is 1. The smallest absolute Gasteiger partial charge is 0.219 e. The summed E-state index contributed by atoms with van der Waals surface area (Å²) in [6.45, 7) is 0.339. The summed E-state index contributed by atoms with van der Waals surface area (Å²) in [5, 5.41) is 0. The maximum absolute atomic E-state index is 12.8. The number of furan rings is 2. The molecule has 23 heavy (non-hydrogen) atoms. The van der Waals surface area contributed by atoms with E-state index in [0.29, 0.717) is 11.5 Å². The Balaban J connectivity index is 1.83. The molecule has 0 N–H and O–H groups in total. The molecule has 0 unspecified atom stereocenters. The fourth-order valence-corrected chi connectivity index (χ4v) is 3.73. The van der Waals surface area contributed by atoms with Gasteiger partial charge in [0.15, 0.2) is 0 Å². The van der Waals surface area contributed by atoms with Crippen molar-refractivity contribution in [2.24, 2.45) is 0 Å². The minimum atomic E-state index is -3.51. The van der Waals surface area contributed by atoms with E-state index in [0.717, 1.165) is 5.56 Å². The summed E-state index contributed by atoms with van der Waals surface area (Å²) in [6, 6.07) is 16.1. The van der Waals surface area contributed by atoms with E-state index in [2.05, 4.69) is 0 Å². The van der Waals surface area contributed by atoms with Crippen LogP contribution in [0.1, 0.15) is 17.1 Å². The van der Waals surface area contributed by atoms with Gasteiger partial charge in [-0.3, -0.25) is 0 Å².